The zero-order valence-electron chi connectivity index (χ0n) is 26.7. The summed E-state index contributed by atoms with van der Waals surface area (Å²) >= 11 is 3.60. The molecule has 0 saturated carbocycles. The lowest BCUT2D eigenvalue weighted by Crippen LogP contribution is -2.35. The topological polar surface area (TPSA) is 27.7 Å². The molecule has 5 aromatic rings. The molecule has 1 heterocycles. The number of thioether (sulfide) groups is 2. The molecule has 0 unspecified atom stereocenters. The quantitative estimate of drug-likeness (QED) is 0.159. The normalized spacial score (nSPS) is 15.2. The van der Waals surface area contributed by atoms with E-state index in [4.69, 9.17) is 14.2 Å². The second-order valence-corrected chi connectivity index (χ2v) is 13.4. The van der Waals surface area contributed by atoms with Gasteiger partial charge in [0.2, 0.25) is 0 Å². The van der Waals surface area contributed by atoms with Gasteiger partial charge in [-0.2, -0.15) is 0 Å². The molecule has 0 bridgehead atoms. The molecule has 0 fully saturated rings. The number of fused-ring (bicyclic) bond motifs is 8. The molecule has 0 atom stereocenters. The van der Waals surface area contributed by atoms with Crippen molar-refractivity contribution in [2.24, 2.45) is 0 Å². The van der Waals surface area contributed by atoms with Crippen LogP contribution in [0.5, 0.6) is 17.2 Å². The number of hydrogen-bond donors (Lipinski definition) is 0. The Morgan fingerprint density at radius 2 is 1.27 bits per heavy atom. The van der Waals surface area contributed by atoms with Crippen LogP contribution in [-0.2, 0) is 11.0 Å². The van der Waals surface area contributed by atoms with Gasteiger partial charge in [-0.3, -0.25) is 0 Å². The van der Waals surface area contributed by atoms with E-state index in [1.807, 2.05) is 36.0 Å². The summed E-state index contributed by atoms with van der Waals surface area (Å²) < 4.78 is 18.6. The van der Waals surface area contributed by atoms with Gasteiger partial charge >= 0.3 is 0 Å². The minimum absolute atomic E-state index is 0.101. The first-order valence-electron chi connectivity index (χ1n) is 15.5. The Hall–Kier alpha value is -3.80. The van der Waals surface area contributed by atoms with Crippen LogP contribution >= 0.6 is 23.5 Å². The van der Waals surface area contributed by atoms with Crippen LogP contribution in [0.25, 0.3) is 28.0 Å². The minimum Gasteiger partial charge on any atom is -0.497 e. The van der Waals surface area contributed by atoms with Crippen molar-refractivity contribution in [3.63, 3.8) is 0 Å². The third-order valence-electron chi connectivity index (χ3n) is 9.98. The van der Waals surface area contributed by atoms with Crippen molar-refractivity contribution in [3.05, 3.63) is 119 Å². The van der Waals surface area contributed by atoms with Gasteiger partial charge in [-0.1, -0.05) is 68.5 Å². The molecule has 0 amide bonds. The smallest absolute Gasteiger partial charge is 0.178 e. The zero-order chi connectivity index (χ0) is 31.3. The molecule has 3 nitrogen and oxygen atoms in total. The van der Waals surface area contributed by atoms with Crippen molar-refractivity contribution in [3.8, 4) is 28.4 Å². The highest BCUT2D eigenvalue weighted by atomic mass is 32.2. The Bertz CT molecular complexity index is 1890. The molecule has 228 valence electrons. The van der Waals surface area contributed by atoms with Crippen LogP contribution in [0, 0.1) is 0 Å². The lowest BCUT2D eigenvalue weighted by Gasteiger charge is -2.39. The van der Waals surface area contributed by atoms with Gasteiger partial charge in [0, 0.05) is 37.3 Å². The number of methoxy groups -OCH3 is 2. The van der Waals surface area contributed by atoms with Gasteiger partial charge in [0.05, 0.1) is 14.2 Å². The molecule has 0 spiro atoms. The fraction of sp³-hybridized carbons (Fsp3) is 0.250. The number of hydrogen-bond acceptors (Lipinski definition) is 5. The predicted octanol–water partition coefficient (Wildman–Crippen LogP) is 10.7. The number of ether oxygens (including phenoxy) is 3. The molecule has 1 aliphatic heterocycles. The summed E-state index contributed by atoms with van der Waals surface area (Å²) in [5, 5.41) is 2.41. The Labute approximate surface area is 275 Å². The molecule has 45 heavy (non-hydrogen) atoms. The Kier molecular flexibility index (Phi) is 7.66. The Morgan fingerprint density at radius 3 is 1.80 bits per heavy atom. The molecule has 7 rings (SSSR count). The van der Waals surface area contributed by atoms with E-state index in [0.29, 0.717) is 0 Å². The lowest BCUT2D eigenvalue weighted by atomic mass is 9.71. The maximum atomic E-state index is 7.55. The largest absolute Gasteiger partial charge is 0.497 e. The molecule has 5 aromatic carbocycles. The highest BCUT2D eigenvalue weighted by Crippen LogP contribution is 2.61. The molecule has 0 saturated heterocycles. The summed E-state index contributed by atoms with van der Waals surface area (Å²) in [5.41, 5.74) is 7.85. The van der Waals surface area contributed by atoms with Crippen molar-refractivity contribution < 1.29 is 14.2 Å². The van der Waals surface area contributed by atoms with Crippen LogP contribution in [0.4, 0.5) is 0 Å². The van der Waals surface area contributed by atoms with Gasteiger partial charge in [0.25, 0.3) is 0 Å². The van der Waals surface area contributed by atoms with Gasteiger partial charge in [-0.25, -0.2) is 0 Å². The fourth-order valence-electron chi connectivity index (χ4n) is 7.63. The molecule has 0 radical (unpaired) electrons. The van der Waals surface area contributed by atoms with Crippen molar-refractivity contribution in [2.75, 3.05) is 26.7 Å². The number of rotatable bonds is 8. The van der Waals surface area contributed by atoms with Crippen LogP contribution in [0.3, 0.4) is 0 Å². The molecule has 2 aliphatic rings. The maximum Gasteiger partial charge on any atom is 0.178 e. The molecular weight excluding hydrogens is 593 g/mol. The first kappa shape index (κ1) is 29.9. The van der Waals surface area contributed by atoms with Crippen molar-refractivity contribution in [2.45, 2.75) is 47.5 Å². The van der Waals surface area contributed by atoms with Crippen LogP contribution < -0.4 is 14.2 Å². The molecule has 0 aromatic heterocycles. The van der Waals surface area contributed by atoms with E-state index in [1.54, 1.807) is 26.0 Å². The van der Waals surface area contributed by atoms with Crippen LogP contribution in [0.15, 0.2) is 101 Å². The van der Waals surface area contributed by atoms with Gasteiger partial charge in [0.1, 0.15) is 17.2 Å². The summed E-state index contributed by atoms with van der Waals surface area (Å²) in [7, 11) is 3.40. The zero-order valence-corrected chi connectivity index (χ0v) is 28.3. The second kappa shape index (κ2) is 11.5. The number of benzene rings is 5. The minimum atomic E-state index is -0.850. The van der Waals surface area contributed by atoms with Gasteiger partial charge < -0.3 is 14.2 Å². The molecule has 0 N–H and O–H groups in total. The lowest BCUT2D eigenvalue weighted by molar-refractivity contribution is 0.163. The highest BCUT2D eigenvalue weighted by Gasteiger charge is 2.46. The molecular formula is C40H38O3S2. The first-order valence-corrected chi connectivity index (χ1v) is 18.0. The summed E-state index contributed by atoms with van der Waals surface area (Å²) in [6.45, 7) is 4.67. The van der Waals surface area contributed by atoms with Crippen LogP contribution in [-0.4, -0.2) is 26.7 Å². The summed E-state index contributed by atoms with van der Waals surface area (Å²) in [6.07, 6.45) is 11.0. The third-order valence-corrected chi connectivity index (χ3v) is 11.7. The third kappa shape index (κ3) is 4.34. The summed E-state index contributed by atoms with van der Waals surface area (Å²) in [5.74, 6) is 2.57. The average molecular weight is 631 g/mol. The average Bonchev–Trinajstić information content (AvgIpc) is 3.41. The van der Waals surface area contributed by atoms with Crippen LogP contribution in [0.2, 0.25) is 0 Å². The summed E-state index contributed by atoms with van der Waals surface area (Å²) in [4.78, 5) is 2.56. The van der Waals surface area contributed by atoms with Crippen molar-refractivity contribution in [1.29, 1.82) is 0 Å². The van der Waals surface area contributed by atoms with E-state index in [-0.39, 0.29) is 5.41 Å². The van der Waals surface area contributed by atoms with Crippen LogP contribution in [0.1, 0.15) is 54.5 Å². The van der Waals surface area contributed by atoms with Gasteiger partial charge in [-0.15, -0.1) is 23.5 Å². The SMILES string of the molecule is CCC1(CC)c2ccccc2-c2c1c1c(c3cc(SC)c(SC)cc23)OC(c2ccc(OC)cc2)(c2ccc(OC)cc2)C=C1. The van der Waals surface area contributed by atoms with E-state index in [0.717, 1.165) is 46.6 Å². The van der Waals surface area contributed by atoms with E-state index in [1.165, 1.54) is 43.0 Å². The molecule has 5 heteroatoms. The van der Waals surface area contributed by atoms with Crippen molar-refractivity contribution in [1.82, 2.24) is 0 Å². The van der Waals surface area contributed by atoms with E-state index in [2.05, 4.69) is 99.2 Å². The van der Waals surface area contributed by atoms with E-state index < -0.39 is 5.60 Å². The Morgan fingerprint density at radius 1 is 0.711 bits per heavy atom. The maximum absolute atomic E-state index is 7.55. The van der Waals surface area contributed by atoms with Gasteiger partial charge in [0.15, 0.2) is 5.60 Å². The standard InChI is InChI=1S/C40H38O3S2/c1-7-39(8-2)33-12-10-9-11-29(33)36-31-23-34(44-5)35(45-6)24-32(31)38-30(37(36)39)21-22-40(43-38,25-13-17-27(41-3)18-14-25)26-15-19-28(42-4)20-16-26/h9-24H,7-8H2,1-6H3. The monoisotopic (exact) mass is 630 g/mol. The predicted molar refractivity (Wildman–Crippen MR) is 191 cm³/mol. The Balaban J connectivity index is 1.59. The first-order chi connectivity index (χ1) is 22.0. The highest BCUT2D eigenvalue weighted by molar-refractivity contribution is 8.01. The van der Waals surface area contributed by atoms with Crippen molar-refractivity contribution >= 4 is 40.4 Å². The van der Waals surface area contributed by atoms with E-state index in [9.17, 15) is 0 Å². The van der Waals surface area contributed by atoms with E-state index >= 15 is 0 Å². The fourth-order valence-corrected chi connectivity index (χ4v) is 9.13. The molecule has 1 aliphatic carbocycles. The van der Waals surface area contributed by atoms with Gasteiger partial charge in [-0.05, 0) is 95.5 Å². The summed E-state index contributed by atoms with van der Waals surface area (Å²) in [6, 6.07) is 30.3. The second-order valence-electron chi connectivity index (χ2n) is 11.7.